The third kappa shape index (κ3) is 4.71. The minimum atomic E-state index is -2.32. The first-order chi connectivity index (χ1) is 13.8. The van der Waals surface area contributed by atoms with E-state index in [9.17, 15) is 9.18 Å². The van der Waals surface area contributed by atoms with Crippen molar-refractivity contribution in [3.8, 4) is 0 Å². The molecule has 1 saturated heterocycles. The fraction of sp³-hybridized carbons (Fsp3) is 0.524. The number of fused-ring (bicyclic) bond motifs is 1. The molecule has 0 aliphatic carbocycles. The normalized spacial score (nSPS) is 24.9. The van der Waals surface area contributed by atoms with Crippen LogP contribution in [0.4, 0.5) is 8.78 Å². The van der Waals surface area contributed by atoms with Gasteiger partial charge in [0.05, 0.1) is 11.1 Å². The fourth-order valence-electron chi connectivity index (χ4n) is 3.88. The van der Waals surface area contributed by atoms with Crippen LogP contribution >= 0.6 is 0 Å². The highest BCUT2D eigenvalue weighted by molar-refractivity contribution is 6.05. The Hall–Kier alpha value is -2.16. The van der Waals surface area contributed by atoms with Crippen molar-refractivity contribution >= 4 is 16.8 Å². The summed E-state index contributed by atoms with van der Waals surface area (Å²) in [7, 11) is 1.62. The number of aromatic nitrogens is 1. The second-order valence-corrected chi connectivity index (χ2v) is 7.80. The highest BCUT2D eigenvalue weighted by atomic mass is 19.2. The van der Waals surface area contributed by atoms with Crippen molar-refractivity contribution in [2.75, 3.05) is 33.4 Å². The molecule has 1 aliphatic rings. The molecule has 1 aromatic heterocycles. The zero-order chi connectivity index (χ0) is 21.0. The van der Waals surface area contributed by atoms with Crippen LogP contribution in [-0.4, -0.2) is 67.1 Å². The molecule has 158 valence electrons. The third-order valence-corrected chi connectivity index (χ3v) is 5.45. The maximum Gasteiger partial charge on any atom is 0.254 e. The molecular formula is C21H28F2N4O2. The van der Waals surface area contributed by atoms with E-state index in [-0.39, 0.29) is 24.4 Å². The minimum Gasteiger partial charge on any atom is -0.384 e. The lowest BCUT2D eigenvalue weighted by molar-refractivity contribution is -0.0492. The first-order valence-electron chi connectivity index (χ1n) is 9.79. The van der Waals surface area contributed by atoms with E-state index in [1.807, 2.05) is 24.0 Å². The van der Waals surface area contributed by atoms with Crippen molar-refractivity contribution in [1.29, 1.82) is 0 Å². The molecule has 1 aliphatic heterocycles. The monoisotopic (exact) mass is 406 g/mol. The largest absolute Gasteiger partial charge is 0.384 e. The second kappa shape index (κ2) is 9.11. The Kier molecular flexibility index (Phi) is 6.77. The average Bonchev–Trinajstić information content (AvgIpc) is 2.70. The molecule has 29 heavy (non-hydrogen) atoms. The summed E-state index contributed by atoms with van der Waals surface area (Å²) in [6.45, 7) is 3.48. The number of halogens is 2. The Balaban J connectivity index is 1.67. The summed E-state index contributed by atoms with van der Waals surface area (Å²) in [6, 6.07) is 8.73. The number of para-hydroxylation sites is 1. The van der Waals surface area contributed by atoms with Crippen LogP contribution in [0.15, 0.2) is 36.5 Å². The highest BCUT2D eigenvalue weighted by Crippen LogP contribution is 2.32. The molecule has 1 fully saturated rings. The number of rotatable bonds is 7. The molecule has 1 amide bonds. The van der Waals surface area contributed by atoms with E-state index in [1.54, 1.807) is 31.5 Å². The average molecular weight is 406 g/mol. The van der Waals surface area contributed by atoms with Gasteiger partial charge in [0.25, 0.3) is 5.91 Å². The molecular weight excluding hydrogens is 378 g/mol. The molecule has 0 spiro atoms. The predicted molar refractivity (Wildman–Crippen MR) is 108 cm³/mol. The van der Waals surface area contributed by atoms with E-state index in [1.165, 1.54) is 0 Å². The van der Waals surface area contributed by atoms with E-state index in [2.05, 4.69) is 10.3 Å². The van der Waals surface area contributed by atoms with Gasteiger partial charge in [-0.1, -0.05) is 25.1 Å². The molecule has 4 unspecified atom stereocenters. The molecule has 0 radical (unpaired) electrons. The van der Waals surface area contributed by atoms with Crippen molar-refractivity contribution in [1.82, 2.24) is 15.2 Å². The van der Waals surface area contributed by atoms with Crippen molar-refractivity contribution in [3.63, 3.8) is 0 Å². The topological polar surface area (TPSA) is 80.5 Å². The number of hydrogen-bond acceptors (Lipinski definition) is 5. The number of nitrogens with zero attached hydrogens (tertiary/aromatic N) is 2. The van der Waals surface area contributed by atoms with Crippen LogP contribution in [0.5, 0.6) is 0 Å². The SMILES string of the molecule is COCC(C)CN1CCC(F)(C(N)NC(=O)c2cccc3cccnc23)C(F)C1. The van der Waals surface area contributed by atoms with E-state index >= 15 is 4.39 Å². The van der Waals surface area contributed by atoms with Crippen molar-refractivity contribution < 1.29 is 18.3 Å². The number of alkyl halides is 2. The van der Waals surface area contributed by atoms with E-state index in [0.29, 0.717) is 25.2 Å². The molecule has 4 atom stereocenters. The standard InChI is InChI=1S/C21H28F2N4O2/c1-14(13-29-2)11-27-10-8-21(23,17(22)12-27)20(24)26-19(28)16-7-3-5-15-6-4-9-25-18(15)16/h3-7,9,14,17,20H,8,10-13,24H2,1-2H3,(H,26,28). The summed E-state index contributed by atoms with van der Waals surface area (Å²) in [4.78, 5) is 18.8. The molecule has 0 bridgehead atoms. The Morgan fingerprint density at radius 3 is 2.93 bits per heavy atom. The number of pyridine rings is 1. The van der Waals surface area contributed by atoms with Crippen LogP contribution in [0, 0.1) is 5.92 Å². The van der Waals surface area contributed by atoms with Gasteiger partial charge in [0.15, 0.2) is 5.67 Å². The molecule has 6 nitrogen and oxygen atoms in total. The lowest BCUT2D eigenvalue weighted by Crippen LogP contribution is -2.65. The predicted octanol–water partition coefficient (Wildman–Crippen LogP) is 2.28. The highest BCUT2D eigenvalue weighted by Gasteiger charge is 2.49. The van der Waals surface area contributed by atoms with E-state index < -0.39 is 23.9 Å². The van der Waals surface area contributed by atoms with Crippen LogP contribution in [0.3, 0.4) is 0 Å². The van der Waals surface area contributed by atoms with Gasteiger partial charge < -0.3 is 15.8 Å². The lowest BCUT2D eigenvalue weighted by Gasteiger charge is -2.42. The van der Waals surface area contributed by atoms with Crippen molar-refractivity contribution in [2.24, 2.45) is 11.7 Å². The molecule has 2 aromatic rings. The zero-order valence-corrected chi connectivity index (χ0v) is 16.8. The molecule has 3 rings (SSSR count). The van der Waals surface area contributed by atoms with E-state index in [4.69, 9.17) is 10.5 Å². The smallest absolute Gasteiger partial charge is 0.254 e. The number of nitrogens with two attached hydrogens (primary N) is 1. The van der Waals surface area contributed by atoms with E-state index in [0.717, 1.165) is 5.39 Å². The first kappa shape index (κ1) is 21.5. The van der Waals surface area contributed by atoms with Gasteiger partial charge in [-0.25, -0.2) is 8.78 Å². The van der Waals surface area contributed by atoms with Crippen molar-refractivity contribution in [2.45, 2.75) is 31.4 Å². The van der Waals surface area contributed by atoms with Gasteiger partial charge >= 0.3 is 0 Å². The third-order valence-electron chi connectivity index (χ3n) is 5.45. The molecule has 2 heterocycles. The number of carbonyl (C=O) groups is 1. The molecule has 8 heteroatoms. The van der Waals surface area contributed by atoms with Crippen LogP contribution < -0.4 is 11.1 Å². The summed E-state index contributed by atoms with van der Waals surface area (Å²) in [5.41, 5.74) is 4.39. The number of hydrogen-bond donors (Lipinski definition) is 2. The van der Waals surface area contributed by atoms with Gasteiger partial charge in [0.1, 0.15) is 12.3 Å². The number of carbonyl (C=O) groups excluding carboxylic acids is 1. The minimum absolute atomic E-state index is 0.0655. The Labute approximate surface area is 169 Å². The number of benzene rings is 1. The fourth-order valence-corrected chi connectivity index (χ4v) is 3.88. The molecule has 0 saturated carbocycles. The van der Waals surface area contributed by atoms with Gasteiger partial charge in [-0.15, -0.1) is 0 Å². The molecule has 1 aromatic carbocycles. The van der Waals surface area contributed by atoms with Gasteiger partial charge in [0.2, 0.25) is 0 Å². The number of amides is 1. The Morgan fingerprint density at radius 1 is 1.45 bits per heavy atom. The van der Waals surface area contributed by atoms with Gasteiger partial charge in [-0.3, -0.25) is 14.7 Å². The first-order valence-corrected chi connectivity index (χ1v) is 9.79. The van der Waals surface area contributed by atoms with Crippen LogP contribution in [0.25, 0.3) is 10.9 Å². The summed E-state index contributed by atoms with van der Waals surface area (Å²) in [5, 5.41) is 3.23. The number of piperidine rings is 1. The van der Waals surface area contributed by atoms with Gasteiger partial charge in [-0.05, 0) is 18.1 Å². The Bertz CT molecular complexity index is 847. The Morgan fingerprint density at radius 2 is 2.21 bits per heavy atom. The number of nitrogens with one attached hydrogen (secondary N) is 1. The van der Waals surface area contributed by atoms with Crippen molar-refractivity contribution in [3.05, 3.63) is 42.1 Å². The summed E-state index contributed by atoms with van der Waals surface area (Å²) < 4.78 is 35.3. The second-order valence-electron chi connectivity index (χ2n) is 7.80. The van der Waals surface area contributed by atoms with Crippen LogP contribution in [-0.2, 0) is 4.74 Å². The summed E-state index contributed by atoms with van der Waals surface area (Å²) in [6.07, 6.45) is -1.77. The van der Waals surface area contributed by atoms with Gasteiger partial charge in [-0.2, -0.15) is 0 Å². The quantitative estimate of drug-likeness (QED) is 0.690. The summed E-state index contributed by atoms with van der Waals surface area (Å²) in [5.74, 6) is -0.353. The van der Waals surface area contributed by atoms with Crippen LogP contribution in [0.2, 0.25) is 0 Å². The molecule has 3 N–H and O–H groups in total. The zero-order valence-electron chi connectivity index (χ0n) is 16.8. The number of methoxy groups -OCH3 is 1. The lowest BCUT2D eigenvalue weighted by atomic mass is 9.88. The van der Waals surface area contributed by atoms with Crippen LogP contribution in [0.1, 0.15) is 23.7 Å². The van der Waals surface area contributed by atoms with Gasteiger partial charge in [0, 0.05) is 51.4 Å². The summed E-state index contributed by atoms with van der Waals surface area (Å²) >= 11 is 0. The number of ether oxygens (including phenoxy) is 1. The number of likely N-dealkylation sites (tertiary alicyclic amines) is 1. The maximum atomic E-state index is 15.4. The maximum absolute atomic E-state index is 15.4.